The molecule has 0 amide bonds. The molecule has 0 N–H and O–H groups in total. The van der Waals surface area contributed by atoms with Crippen LogP contribution >= 0.6 is 11.6 Å². The van der Waals surface area contributed by atoms with Gasteiger partial charge in [-0.1, -0.05) is 6.07 Å². The van der Waals surface area contributed by atoms with Crippen LogP contribution in [0.25, 0.3) is 0 Å². The molecular formula is C14H16ClN3O. The first-order valence-corrected chi connectivity index (χ1v) is 6.47. The Kier molecular flexibility index (Phi) is 4.22. The molecule has 0 fully saturated rings. The van der Waals surface area contributed by atoms with E-state index in [0.717, 1.165) is 16.9 Å². The van der Waals surface area contributed by atoms with Gasteiger partial charge in [0.05, 0.1) is 5.88 Å². The summed E-state index contributed by atoms with van der Waals surface area (Å²) >= 11 is 5.77. The number of rotatable bonds is 4. The number of halogens is 1. The topological polar surface area (TPSA) is 38.2 Å². The van der Waals surface area contributed by atoms with Crippen molar-refractivity contribution in [1.82, 2.24) is 9.97 Å². The number of ether oxygens (including phenoxy) is 1. The molecule has 0 radical (unpaired) electrons. The van der Waals surface area contributed by atoms with Crippen LogP contribution in [0.4, 0.5) is 5.69 Å². The van der Waals surface area contributed by atoms with E-state index in [1.54, 1.807) is 6.20 Å². The van der Waals surface area contributed by atoms with Crippen molar-refractivity contribution in [2.45, 2.75) is 12.8 Å². The Morgan fingerprint density at radius 1 is 1.32 bits per heavy atom. The molecule has 0 unspecified atom stereocenters. The largest absolute Gasteiger partial charge is 0.424 e. The van der Waals surface area contributed by atoms with Crippen LogP contribution in [0.3, 0.4) is 0 Å². The molecule has 0 bridgehead atoms. The number of hydrogen-bond acceptors (Lipinski definition) is 4. The minimum atomic E-state index is 0.335. The van der Waals surface area contributed by atoms with E-state index in [4.69, 9.17) is 16.3 Å². The molecule has 0 saturated carbocycles. The van der Waals surface area contributed by atoms with Gasteiger partial charge in [-0.15, -0.1) is 11.6 Å². The predicted octanol–water partition coefficient (Wildman–Crippen LogP) is 3.38. The lowest BCUT2D eigenvalue weighted by molar-refractivity contribution is 0.440. The minimum absolute atomic E-state index is 0.335. The van der Waals surface area contributed by atoms with Crippen molar-refractivity contribution >= 4 is 17.3 Å². The van der Waals surface area contributed by atoms with Crippen LogP contribution in [0, 0.1) is 6.92 Å². The van der Waals surface area contributed by atoms with Crippen molar-refractivity contribution in [3.05, 3.63) is 41.7 Å². The van der Waals surface area contributed by atoms with Crippen LogP contribution in [0.5, 0.6) is 11.8 Å². The van der Waals surface area contributed by atoms with Gasteiger partial charge in [0.2, 0.25) is 0 Å². The van der Waals surface area contributed by atoms with Gasteiger partial charge in [0.25, 0.3) is 0 Å². The Balaban J connectivity index is 2.21. The van der Waals surface area contributed by atoms with E-state index in [1.165, 1.54) is 0 Å². The van der Waals surface area contributed by atoms with Crippen LogP contribution in [0.15, 0.2) is 30.5 Å². The normalized spacial score (nSPS) is 10.3. The van der Waals surface area contributed by atoms with Crippen LogP contribution in [0.1, 0.15) is 11.3 Å². The number of aryl methyl sites for hydroxylation is 1. The van der Waals surface area contributed by atoms with Gasteiger partial charge in [0, 0.05) is 43.3 Å². The van der Waals surface area contributed by atoms with E-state index in [1.807, 2.05) is 50.2 Å². The maximum absolute atomic E-state index is 5.77. The van der Waals surface area contributed by atoms with Crippen molar-refractivity contribution in [2.75, 3.05) is 19.0 Å². The summed E-state index contributed by atoms with van der Waals surface area (Å²) in [4.78, 5) is 10.4. The fourth-order valence-corrected chi connectivity index (χ4v) is 1.84. The summed E-state index contributed by atoms with van der Waals surface area (Å²) in [6, 6.07) is 8.09. The highest BCUT2D eigenvalue weighted by Gasteiger charge is 2.05. The zero-order chi connectivity index (χ0) is 13.8. The summed E-state index contributed by atoms with van der Waals surface area (Å²) in [5.74, 6) is 1.12. The molecule has 0 saturated heterocycles. The zero-order valence-electron chi connectivity index (χ0n) is 11.2. The van der Waals surface area contributed by atoms with Gasteiger partial charge >= 0.3 is 6.01 Å². The second-order valence-electron chi connectivity index (χ2n) is 4.39. The number of anilines is 1. The Bertz CT molecular complexity index is 572. The van der Waals surface area contributed by atoms with E-state index in [2.05, 4.69) is 9.97 Å². The van der Waals surface area contributed by atoms with Crippen LogP contribution < -0.4 is 9.64 Å². The van der Waals surface area contributed by atoms with E-state index in [-0.39, 0.29) is 0 Å². The predicted molar refractivity (Wildman–Crippen MR) is 77.2 cm³/mol. The smallest absolute Gasteiger partial charge is 0.322 e. The summed E-state index contributed by atoms with van der Waals surface area (Å²) in [5, 5.41) is 0. The highest BCUT2D eigenvalue weighted by Crippen LogP contribution is 2.23. The minimum Gasteiger partial charge on any atom is -0.424 e. The lowest BCUT2D eigenvalue weighted by atomic mass is 10.3. The first-order valence-electron chi connectivity index (χ1n) is 5.94. The van der Waals surface area contributed by atoms with Gasteiger partial charge in [0.15, 0.2) is 0 Å². The summed E-state index contributed by atoms with van der Waals surface area (Å²) in [5.41, 5.74) is 2.81. The lowest BCUT2D eigenvalue weighted by Gasteiger charge is -2.13. The van der Waals surface area contributed by atoms with Gasteiger partial charge in [-0.2, -0.15) is 4.98 Å². The zero-order valence-corrected chi connectivity index (χ0v) is 12.0. The molecule has 2 aromatic rings. The van der Waals surface area contributed by atoms with Crippen molar-refractivity contribution < 1.29 is 4.74 Å². The molecular weight excluding hydrogens is 262 g/mol. The quantitative estimate of drug-likeness (QED) is 0.803. The van der Waals surface area contributed by atoms with Gasteiger partial charge < -0.3 is 9.64 Å². The van der Waals surface area contributed by atoms with Crippen molar-refractivity contribution in [1.29, 1.82) is 0 Å². The Morgan fingerprint density at radius 2 is 2.11 bits per heavy atom. The molecule has 0 aliphatic carbocycles. The molecule has 1 heterocycles. The molecule has 4 nitrogen and oxygen atoms in total. The molecule has 0 aliphatic heterocycles. The summed E-state index contributed by atoms with van der Waals surface area (Å²) in [6.45, 7) is 1.89. The second-order valence-corrected chi connectivity index (χ2v) is 4.66. The fraction of sp³-hybridized carbons (Fsp3) is 0.286. The third kappa shape index (κ3) is 3.35. The third-order valence-electron chi connectivity index (χ3n) is 2.75. The second kappa shape index (κ2) is 5.89. The van der Waals surface area contributed by atoms with Crippen molar-refractivity contribution in [2.24, 2.45) is 0 Å². The molecule has 2 rings (SSSR count). The number of aromatic nitrogens is 2. The average molecular weight is 278 g/mol. The molecule has 1 aromatic carbocycles. The highest BCUT2D eigenvalue weighted by atomic mass is 35.5. The lowest BCUT2D eigenvalue weighted by Crippen LogP contribution is -2.08. The molecule has 5 heteroatoms. The monoisotopic (exact) mass is 277 g/mol. The number of alkyl halides is 1. The Labute approximate surface area is 118 Å². The summed E-state index contributed by atoms with van der Waals surface area (Å²) in [7, 11) is 3.96. The van der Waals surface area contributed by atoms with Crippen molar-refractivity contribution in [3.63, 3.8) is 0 Å². The maximum Gasteiger partial charge on any atom is 0.322 e. The fourth-order valence-electron chi connectivity index (χ4n) is 1.58. The Hall–Kier alpha value is -1.81. The standard InChI is InChI=1S/C14H16ClN3O/c1-10-11(8-15)9-16-14(17-10)19-13-6-4-5-12(7-13)18(2)3/h4-7,9H,8H2,1-3H3. The van der Waals surface area contributed by atoms with Crippen LogP contribution in [-0.2, 0) is 5.88 Å². The van der Waals surface area contributed by atoms with E-state index < -0.39 is 0 Å². The van der Waals surface area contributed by atoms with Gasteiger partial charge in [-0.25, -0.2) is 4.98 Å². The van der Waals surface area contributed by atoms with Gasteiger partial charge in [-0.3, -0.25) is 0 Å². The first-order chi connectivity index (χ1) is 9.10. The molecule has 19 heavy (non-hydrogen) atoms. The average Bonchev–Trinajstić information content (AvgIpc) is 2.39. The maximum atomic E-state index is 5.77. The third-order valence-corrected chi connectivity index (χ3v) is 3.03. The van der Waals surface area contributed by atoms with Gasteiger partial charge in [0.1, 0.15) is 5.75 Å². The van der Waals surface area contributed by atoms with E-state index in [0.29, 0.717) is 17.6 Å². The van der Waals surface area contributed by atoms with Crippen LogP contribution in [0.2, 0.25) is 0 Å². The molecule has 0 atom stereocenters. The number of hydrogen-bond donors (Lipinski definition) is 0. The SMILES string of the molecule is Cc1nc(Oc2cccc(N(C)C)c2)ncc1CCl. The first kappa shape index (κ1) is 13.6. The number of benzene rings is 1. The molecule has 1 aromatic heterocycles. The molecule has 100 valence electrons. The summed E-state index contributed by atoms with van der Waals surface area (Å²) in [6.07, 6.45) is 1.69. The van der Waals surface area contributed by atoms with Crippen molar-refractivity contribution in [3.8, 4) is 11.8 Å². The van der Waals surface area contributed by atoms with Gasteiger partial charge in [-0.05, 0) is 19.1 Å². The highest BCUT2D eigenvalue weighted by molar-refractivity contribution is 6.17. The molecule has 0 spiro atoms. The van der Waals surface area contributed by atoms with Crippen LogP contribution in [-0.4, -0.2) is 24.1 Å². The van der Waals surface area contributed by atoms with E-state index in [9.17, 15) is 0 Å². The molecule has 0 aliphatic rings. The summed E-state index contributed by atoms with van der Waals surface area (Å²) < 4.78 is 5.66. The van der Waals surface area contributed by atoms with E-state index >= 15 is 0 Å². The Morgan fingerprint density at radius 3 is 2.74 bits per heavy atom. The number of nitrogens with zero attached hydrogens (tertiary/aromatic N) is 3.